The van der Waals surface area contributed by atoms with E-state index in [9.17, 15) is 19.8 Å². The summed E-state index contributed by atoms with van der Waals surface area (Å²) in [5.74, 6) is -2.56. The van der Waals surface area contributed by atoms with E-state index >= 15 is 0 Å². The van der Waals surface area contributed by atoms with Gasteiger partial charge >= 0.3 is 11.9 Å². The molecule has 0 saturated carbocycles. The maximum atomic E-state index is 12.1. The van der Waals surface area contributed by atoms with E-state index in [0.29, 0.717) is 0 Å². The predicted molar refractivity (Wildman–Crippen MR) is 158 cm³/mol. The SMILES string of the molecule is CC(C)=CCC/C(C)=C/CC/C(C)=C/CC(C/C=C(\C)CC/C=C(\C)CCC=C(C)C)(C(=O)O)C(=O)O. The summed E-state index contributed by atoms with van der Waals surface area (Å²) in [6, 6.07) is 0. The van der Waals surface area contributed by atoms with Crippen molar-refractivity contribution in [3.05, 3.63) is 69.9 Å². The van der Waals surface area contributed by atoms with Gasteiger partial charge in [0.15, 0.2) is 5.41 Å². The van der Waals surface area contributed by atoms with Crippen LogP contribution in [0.4, 0.5) is 0 Å². The van der Waals surface area contributed by atoms with Gasteiger partial charge in [0.2, 0.25) is 0 Å². The first-order chi connectivity index (χ1) is 17.3. The minimum atomic E-state index is -1.84. The standard InChI is InChI=1S/C33H52O4/c1-25(2)13-9-15-27(5)17-11-19-29(7)21-23-33(31(34)35,32(36)37)24-22-30(8)20-12-18-28(6)16-10-14-26(3)4/h13-14,17-18,21-22H,9-12,15-16,19-20,23-24H2,1-8H3,(H,34,35)(H,36,37)/b27-17+,28-18+,29-21+,30-22+. The fourth-order valence-corrected chi connectivity index (χ4v) is 3.90. The van der Waals surface area contributed by atoms with Crippen LogP contribution in [0.15, 0.2) is 69.9 Å². The molecule has 0 aliphatic heterocycles. The first-order valence-corrected chi connectivity index (χ1v) is 13.7. The number of hydrogen-bond acceptors (Lipinski definition) is 2. The van der Waals surface area contributed by atoms with Crippen molar-refractivity contribution in [1.29, 1.82) is 0 Å². The molecular weight excluding hydrogens is 460 g/mol. The number of allylic oxidation sites excluding steroid dienone is 12. The molecule has 0 heterocycles. The van der Waals surface area contributed by atoms with Crippen molar-refractivity contribution in [2.45, 2.75) is 120 Å². The highest BCUT2D eigenvalue weighted by molar-refractivity contribution is 5.98. The second-order valence-electron chi connectivity index (χ2n) is 11.0. The van der Waals surface area contributed by atoms with Gasteiger partial charge in [-0.25, -0.2) is 0 Å². The van der Waals surface area contributed by atoms with Crippen LogP contribution in [0.2, 0.25) is 0 Å². The molecule has 0 amide bonds. The molecule has 0 aliphatic rings. The number of aliphatic carboxylic acids is 2. The van der Waals surface area contributed by atoms with Crippen molar-refractivity contribution in [2.75, 3.05) is 0 Å². The van der Waals surface area contributed by atoms with E-state index in [0.717, 1.165) is 62.5 Å². The highest BCUT2D eigenvalue weighted by Gasteiger charge is 2.44. The lowest BCUT2D eigenvalue weighted by atomic mass is 9.79. The molecule has 2 N–H and O–H groups in total. The summed E-state index contributed by atoms with van der Waals surface area (Å²) < 4.78 is 0. The Hall–Kier alpha value is -2.62. The van der Waals surface area contributed by atoms with Gasteiger partial charge in [-0.3, -0.25) is 9.59 Å². The molecule has 0 radical (unpaired) electrons. The summed E-state index contributed by atoms with van der Waals surface area (Å²) in [5, 5.41) is 19.8. The summed E-state index contributed by atoms with van der Waals surface area (Å²) in [4.78, 5) is 24.2. The Balaban J connectivity index is 5.08. The molecule has 0 spiro atoms. The molecule has 0 aromatic heterocycles. The Morgan fingerprint density at radius 2 is 0.757 bits per heavy atom. The third kappa shape index (κ3) is 16.0. The molecule has 0 aromatic carbocycles. The topological polar surface area (TPSA) is 74.6 Å². The second-order valence-corrected chi connectivity index (χ2v) is 11.0. The van der Waals surface area contributed by atoms with Crippen molar-refractivity contribution in [2.24, 2.45) is 5.41 Å². The predicted octanol–water partition coefficient (Wildman–Crippen LogP) is 9.76. The zero-order valence-electron chi connectivity index (χ0n) is 24.7. The third-order valence-corrected chi connectivity index (χ3v) is 6.66. The van der Waals surface area contributed by atoms with Gasteiger partial charge in [-0.1, -0.05) is 69.9 Å². The maximum absolute atomic E-state index is 12.1. The van der Waals surface area contributed by atoms with Gasteiger partial charge in [-0.05, 0) is 120 Å². The van der Waals surface area contributed by atoms with Gasteiger partial charge in [0.1, 0.15) is 0 Å². The summed E-state index contributed by atoms with van der Waals surface area (Å²) in [7, 11) is 0. The molecule has 0 saturated heterocycles. The molecule has 4 heteroatoms. The van der Waals surface area contributed by atoms with E-state index < -0.39 is 17.4 Å². The van der Waals surface area contributed by atoms with E-state index in [1.807, 2.05) is 13.8 Å². The van der Waals surface area contributed by atoms with Crippen molar-refractivity contribution < 1.29 is 19.8 Å². The van der Waals surface area contributed by atoms with Gasteiger partial charge in [0.25, 0.3) is 0 Å². The van der Waals surface area contributed by atoms with Gasteiger partial charge < -0.3 is 10.2 Å². The molecule has 0 fully saturated rings. The smallest absolute Gasteiger partial charge is 0.321 e. The van der Waals surface area contributed by atoms with E-state index in [-0.39, 0.29) is 12.8 Å². The molecule has 208 valence electrons. The maximum Gasteiger partial charge on any atom is 0.321 e. The largest absolute Gasteiger partial charge is 0.480 e. The fourth-order valence-electron chi connectivity index (χ4n) is 3.90. The minimum Gasteiger partial charge on any atom is -0.480 e. The number of carboxylic acids is 2. The highest BCUT2D eigenvalue weighted by Crippen LogP contribution is 2.31. The van der Waals surface area contributed by atoms with Crippen LogP contribution >= 0.6 is 0 Å². The zero-order chi connectivity index (χ0) is 28.4. The third-order valence-electron chi connectivity index (χ3n) is 6.66. The van der Waals surface area contributed by atoms with E-state index in [1.165, 1.54) is 22.3 Å². The minimum absolute atomic E-state index is 0.0140. The molecular formula is C33H52O4. The number of hydrogen-bond donors (Lipinski definition) is 2. The first-order valence-electron chi connectivity index (χ1n) is 13.7. The Kier molecular flexibility index (Phi) is 17.3. The molecule has 0 bridgehead atoms. The average molecular weight is 513 g/mol. The fraction of sp³-hybridized carbons (Fsp3) is 0.576. The highest BCUT2D eigenvalue weighted by atomic mass is 16.4. The van der Waals surface area contributed by atoms with Gasteiger partial charge in [-0.2, -0.15) is 0 Å². The lowest BCUT2D eigenvalue weighted by Gasteiger charge is -2.22. The van der Waals surface area contributed by atoms with Crippen molar-refractivity contribution in [1.82, 2.24) is 0 Å². The lowest BCUT2D eigenvalue weighted by Crippen LogP contribution is -2.38. The van der Waals surface area contributed by atoms with Gasteiger partial charge in [0.05, 0.1) is 0 Å². The number of carbonyl (C=O) groups is 2. The van der Waals surface area contributed by atoms with Crippen LogP contribution in [-0.4, -0.2) is 22.2 Å². The summed E-state index contributed by atoms with van der Waals surface area (Å²) in [6.45, 7) is 16.6. The van der Waals surface area contributed by atoms with Crippen molar-refractivity contribution >= 4 is 11.9 Å². The Bertz CT molecular complexity index is 838. The Labute approximate surface area is 226 Å². The molecule has 0 rings (SSSR count). The number of carboxylic acid groups (broad SMARTS) is 2. The van der Waals surface area contributed by atoms with Crippen LogP contribution in [0.5, 0.6) is 0 Å². The van der Waals surface area contributed by atoms with Gasteiger partial charge in [0, 0.05) is 0 Å². The van der Waals surface area contributed by atoms with Crippen LogP contribution in [0, 0.1) is 5.41 Å². The van der Waals surface area contributed by atoms with E-state index in [1.54, 1.807) is 12.2 Å². The molecule has 4 nitrogen and oxygen atoms in total. The Morgan fingerprint density at radius 3 is 1.03 bits per heavy atom. The Morgan fingerprint density at radius 1 is 0.486 bits per heavy atom. The quantitative estimate of drug-likeness (QED) is 0.141. The lowest BCUT2D eigenvalue weighted by molar-refractivity contribution is -0.164. The zero-order valence-corrected chi connectivity index (χ0v) is 24.7. The van der Waals surface area contributed by atoms with Crippen molar-refractivity contribution in [3.63, 3.8) is 0 Å². The molecule has 0 atom stereocenters. The van der Waals surface area contributed by atoms with Crippen LogP contribution in [0.25, 0.3) is 0 Å². The van der Waals surface area contributed by atoms with Crippen LogP contribution in [-0.2, 0) is 9.59 Å². The average Bonchev–Trinajstić information content (AvgIpc) is 2.78. The van der Waals surface area contributed by atoms with E-state index in [2.05, 4.69) is 65.8 Å². The normalized spacial score (nSPS) is 13.4. The molecule has 0 unspecified atom stereocenters. The second kappa shape index (κ2) is 18.6. The van der Waals surface area contributed by atoms with Crippen molar-refractivity contribution in [3.8, 4) is 0 Å². The van der Waals surface area contributed by atoms with Crippen LogP contribution in [0.1, 0.15) is 120 Å². The summed E-state index contributed by atoms with van der Waals surface area (Å²) in [5.41, 5.74) is 5.55. The van der Waals surface area contributed by atoms with Gasteiger partial charge in [-0.15, -0.1) is 0 Å². The van der Waals surface area contributed by atoms with E-state index in [4.69, 9.17) is 0 Å². The monoisotopic (exact) mass is 512 g/mol. The summed E-state index contributed by atoms with van der Waals surface area (Å²) >= 11 is 0. The molecule has 0 aliphatic carbocycles. The molecule has 0 aromatic rings. The van der Waals surface area contributed by atoms with Crippen LogP contribution in [0.3, 0.4) is 0 Å². The first kappa shape index (κ1) is 34.4. The summed E-state index contributed by atoms with van der Waals surface area (Å²) in [6.07, 6.45) is 20.0. The number of rotatable bonds is 18. The molecule has 37 heavy (non-hydrogen) atoms. The van der Waals surface area contributed by atoms with Crippen LogP contribution < -0.4 is 0 Å².